The van der Waals surface area contributed by atoms with Crippen molar-refractivity contribution in [1.29, 1.82) is 0 Å². The zero-order valence-electron chi connectivity index (χ0n) is 19.2. The minimum Gasteiger partial charge on any atom is -0.308 e. The van der Waals surface area contributed by atoms with Gasteiger partial charge in [0.05, 0.1) is 11.4 Å². The molecule has 9 heteroatoms. The number of carbonyl (C=O) groups is 3. The lowest BCUT2D eigenvalue weighted by atomic mass is 9.88. The Bertz CT molecular complexity index is 1410. The van der Waals surface area contributed by atoms with Crippen molar-refractivity contribution in [3.63, 3.8) is 0 Å². The Hall–Kier alpha value is -4.22. The van der Waals surface area contributed by atoms with E-state index in [0.29, 0.717) is 11.3 Å². The Kier molecular flexibility index (Phi) is 5.94. The summed E-state index contributed by atoms with van der Waals surface area (Å²) >= 11 is 6.37. The first-order valence-electron chi connectivity index (χ1n) is 11.2. The molecule has 2 saturated heterocycles. The SMILES string of the molecule is CC12CC(=O)N(c3c(F)cc(C#Cc4ccccc4)cc3Cl)C(=O)N1CCN(c1ccncc1)C2=O. The van der Waals surface area contributed by atoms with E-state index in [4.69, 9.17) is 11.6 Å². The first-order chi connectivity index (χ1) is 17.3. The fourth-order valence-electron chi connectivity index (χ4n) is 4.54. The van der Waals surface area contributed by atoms with Crippen LogP contribution in [0.5, 0.6) is 0 Å². The fraction of sp³-hybridized carbons (Fsp3) is 0.185. The number of halogens is 2. The Morgan fingerprint density at radius 2 is 1.67 bits per heavy atom. The van der Waals surface area contributed by atoms with Gasteiger partial charge in [-0.3, -0.25) is 14.6 Å². The molecule has 2 aliphatic rings. The van der Waals surface area contributed by atoms with Crippen molar-refractivity contribution in [2.75, 3.05) is 22.9 Å². The number of aromatic nitrogens is 1. The van der Waals surface area contributed by atoms with Crippen LogP contribution in [0, 0.1) is 17.7 Å². The molecule has 180 valence electrons. The van der Waals surface area contributed by atoms with E-state index in [1.54, 1.807) is 31.5 Å². The quantitative estimate of drug-likeness (QED) is 0.491. The van der Waals surface area contributed by atoms with Crippen molar-refractivity contribution in [3.8, 4) is 11.8 Å². The predicted molar refractivity (Wildman–Crippen MR) is 133 cm³/mol. The molecule has 7 nitrogen and oxygen atoms in total. The van der Waals surface area contributed by atoms with Gasteiger partial charge in [0, 0.05) is 42.3 Å². The molecule has 0 N–H and O–H groups in total. The number of fused-ring (bicyclic) bond motifs is 1. The molecule has 1 atom stereocenters. The third kappa shape index (κ3) is 3.97. The molecular formula is C27H20ClFN4O3. The van der Waals surface area contributed by atoms with Crippen molar-refractivity contribution in [3.05, 3.63) is 89.0 Å². The lowest BCUT2D eigenvalue weighted by molar-refractivity contribution is -0.137. The summed E-state index contributed by atoms with van der Waals surface area (Å²) in [5, 5.41) is -0.126. The van der Waals surface area contributed by atoms with Gasteiger partial charge in [-0.25, -0.2) is 14.1 Å². The van der Waals surface area contributed by atoms with Gasteiger partial charge >= 0.3 is 6.03 Å². The van der Waals surface area contributed by atoms with Gasteiger partial charge < -0.3 is 9.80 Å². The molecule has 5 rings (SSSR count). The van der Waals surface area contributed by atoms with Crippen LogP contribution in [0.25, 0.3) is 0 Å². The minimum absolute atomic E-state index is 0.126. The van der Waals surface area contributed by atoms with Crippen molar-refractivity contribution in [2.45, 2.75) is 18.9 Å². The second-order valence-corrected chi connectivity index (χ2v) is 9.09. The summed E-state index contributed by atoms with van der Waals surface area (Å²) in [5.74, 6) is 3.80. The number of hydrogen-bond donors (Lipinski definition) is 0. The standard InChI is InChI=1S/C27H20ClFN4O3/c1-27-17-23(34)33(26(36)32(27)14-13-31(25(27)35)20-9-11-30-12-10-20)24-21(28)15-19(16-22(24)29)8-7-18-5-3-2-4-6-18/h2-6,9-12,15-16H,13-14,17H2,1H3. The molecule has 3 aromatic rings. The lowest BCUT2D eigenvalue weighted by Crippen LogP contribution is -2.72. The van der Waals surface area contributed by atoms with Gasteiger partial charge in [-0.05, 0) is 43.3 Å². The van der Waals surface area contributed by atoms with Crippen LogP contribution < -0.4 is 9.80 Å². The monoisotopic (exact) mass is 502 g/mol. The van der Waals surface area contributed by atoms with Crippen LogP contribution in [-0.4, -0.2) is 46.4 Å². The van der Waals surface area contributed by atoms with Crippen LogP contribution in [0.1, 0.15) is 24.5 Å². The van der Waals surface area contributed by atoms with E-state index in [0.717, 1.165) is 16.5 Å². The van der Waals surface area contributed by atoms with E-state index in [-0.39, 0.29) is 36.1 Å². The molecule has 1 unspecified atom stereocenters. The highest BCUT2D eigenvalue weighted by Gasteiger charge is 2.55. The average Bonchev–Trinajstić information content (AvgIpc) is 2.86. The summed E-state index contributed by atoms with van der Waals surface area (Å²) in [5.41, 5.74) is -0.0826. The number of anilines is 2. The predicted octanol–water partition coefficient (Wildman–Crippen LogP) is 4.24. The Morgan fingerprint density at radius 1 is 0.972 bits per heavy atom. The van der Waals surface area contributed by atoms with Crippen LogP contribution in [0.15, 0.2) is 67.0 Å². The molecule has 0 saturated carbocycles. The number of rotatable bonds is 2. The first kappa shape index (κ1) is 23.5. The molecule has 0 spiro atoms. The molecule has 36 heavy (non-hydrogen) atoms. The van der Waals surface area contributed by atoms with E-state index in [2.05, 4.69) is 16.8 Å². The van der Waals surface area contributed by atoms with Crippen molar-refractivity contribution in [2.24, 2.45) is 0 Å². The van der Waals surface area contributed by atoms with Gasteiger partial charge in [0.1, 0.15) is 17.0 Å². The molecule has 2 aromatic carbocycles. The second kappa shape index (κ2) is 9.10. The van der Waals surface area contributed by atoms with E-state index in [1.165, 1.54) is 15.9 Å². The number of benzene rings is 2. The summed E-state index contributed by atoms with van der Waals surface area (Å²) in [6, 6.07) is 14.3. The fourth-order valence-corrected chi connectivity index (χ4v) is 4.83. The molecule has 0 bridgehead atoms. The maximum atomic E-state index is 15.2. The molecule has 1 aromatic heterocycles. The van der Waals surface area contributed by atoms with E-state index in [1.807, 2.05) is 30.3 Å². The number of carbonyl (C=O) groups excluding carboxylic acids is 3. The van der Waals surface area contributed by atoms with E-state index < -0.39 is 23.3 Å². The Labute approximate surface area is 212 Å². The number of amides is 4. The lowest BCUT2D eigenvalue weighted by Gasteiger charge is -2.51. The zero-order valence-corrected chi connectivity index (χ0v) is 20.0. The molecular weight excluding hydrogens is 483 g/mol. The van der Waals surface area contributed by atoms with Crippen LogP contribution >= 0.6 is 11.6 Å². The Balaban J connectivity index is 1.45. The third-order valence-corrected chi connectivity index (χ3v) is 6.64. The number of imide groups is 1. The molecule has 3 heterocycles. The normalized spacial score (nSPS) is 19.6. The van der Waals surface area contributed by atoms with Crippen LogP contribution in [0.4, 0.5) is 20.6 Å². The molecule has 2 aliphatic heterocycles. The third-order valence-electron chi connectivity index (χ3n) is 6.36. The smallest absolute Gasteiger partial charge is 0.308 e. The molecule has 4 amide bonds. The highest BCUT2D eigenvalue weighted by Crippen LogP contribution is 2.39. The topological polar surface area (TPSA) is 73.8 Å². The van der Waals surface area contributed by atoms with Crippen LogP contribution in [0.3, 0.4) is 0 Å². The largest absolute Gasteiger partial charge is 0.332 e. The zero-order chi connectivity index (χ0) is 25.4. The van der Waals surface area contributed by atoms with Crippen LogP contribution in [-0.2, 0) is 9.59 Å². The summed E-state index contributed by atoms with van der Waals surface area (Å²) in [6.45, 7) is 1.93. The highest BCUT2D eigenvalue weighted by atomic mass is 35.5. The van der Waals surface area contributed by atoms with Gasteiger partial charge in [-0.15, -0.1) is 0 Å². The molecule has 0 aliphatic carbocycles. The van der Waals surface area contributed by atoms with Crippen molar-refractivity contribution in [1.82, 2.24) is 9.88 Å². The van der Waals surface area contributed by atoms with E-state index >= 15 is 4.39 Å². The number of urea groups is 1. The second-order valence-electron chi connectivity index (χ2n) is 8.68. The molecule has 0 radical (unpaired) electrons. The summed E-state index contributed by atoms with van der Waals surface area (Å²) in [6.07, 6.45) is 2.81. The molecule has 2 fully saturated rings. The van der Waals surface area contributed by atoms with Gasteiger partial charge in [0.2, 0.25) is 5.91 Å². The number of piperazine rings is 1. The summed E-state index contributed by atoms with van der Waals surface area (Å²) in [7, 11) is 0. The first-order valence-corrected chi connectivity index (χ1v) is 11.6. The van der Waals surface area contributed by atoms with Gasteiger partial charge in [-0.1, -0.05) is 41.6 Å². The highest BCUT2D eigenvalue weighted by molar-refractivity contribution is 6.35. The summed E-state index contributed by atoms with van der Waals surface area (Å²) < 4.78 is 15.2. The minimum atomic E-state index is -1.41. The van der Waals surface area contributed by atoms with Crippen LogP contribution in [0.2, 0.25) is 5.02 Å². The van der Waals surface area contributed by atoms with Gasteiger partial charge in [0.15, 0.2) is 0 Å². The maximum Gasteiger partial charge on any atom is 0.332 e. The van der Waals surface area contributed by atoms with Crippen molar-refractivity contribution >= 4 is 40.8 Å². The average molecular weight is 503 g/mol. The van der Waals surface area contributed by atoms with Crippen molar-refractivity contribution < 1.29 is 18.8 Å². The van der Waals surface area contributed by atoms with Gasteiger partial charge in [-0.2, -0.15) is 0 Å². The van der Waals surface area contributed by atoms with Gasteiger partial charge in [0.25, 0.3) is 5.91 Å². The number of pyridine rings is 1. The maximum absolute atomic E-state index is 15.2. The number of nitrogens with zero attached hydrogens (tertiary/aromatic N) is 4. The Morgan fingerprint density at radius 3 is 2.36 bits per heavy atom. The summed E-state index contributed by atoms with van der Waals surface area (Å²) in [4.78, 5) is 47.6. The van der Waals surface area contributed by atoms with E-state index in [9.17, 15) is 14.4 Å². The number of hydrogen-bond acceptors (Lipinski definition) is 4.